The first-order chi connectivity index (χ1) is 11.6. The van der Waals surface area contributed by atoms with Crippen molar-refractivity contribution in [2.24, 2.45) is 0 Å². The van der Waals surface area contributed by atoms with Crippen LogP contribution in [0.4, 0.5) is 11.4 Å². The Labute approximate surface area is 145 Å². The number of hydrogen-bond donors (Lipinski definition) is 1. The highest BCUT2D eigenvalue weighted by Crippen LogP contribution is 2.29. The van der Waals surface area contributed by atoms with E-state index in [1.54, 1.807) is 23.1 Å². The van der Waals surface area contributed by atoms with E-state index in [4.69, 9.17) is 16.3 Å². The lowest BCUT2D eigenvalue weighted by Crippen LogP contribution is -2.32. The number of anilines is 2. The lowest BCUT2D eigenvalue weighted by atomic mass is 10.2. The summed E-state index contributed by atoms with van der Waals surface area (Å²) in [5.74, 6) is -0.0536. The van der Waals surface area contributed by atoms with Gasteiger partial charge >= 0.3 is 0 Å². The molecule has 1 N–H and O–H groups in total. The minimum Gasteiger partial charge on any atom is -0.495 e. The van der Waals surface area contributed by atoms with Crippen LogP contribution in [0.3, 0.4) is 0 Å². The molecule has 0 spiro atoms. The van der Waals surface area contributed by atoms with Gasteiger partial charge < -0.3 is 15.0 Å². The Bertz CT molecular complexity index is 792. The van der Waals surface area contributed by atoms with Crippen LogP contribution >= 0.6 is 11.6 Å². The van der Waals surface area contributed by atoms with Gasteiger partial charge in [0.05, 0.1) is 12.1 Å². The number of rotatable bonds is 4. The molecule has 0 fully saturated rings. The van der Waals surface area contributed by atoms with E-state index in [1.165, 1.54) is 7.11 Å². The first kappa shape index (κ1) is 16.3. The molecule has 0 unspecified atom stereocenters. The van der Waals surface area contributed by atoms with Gasteiger partial charge in [0.25, 0.3) is 0 Å². The molecule has 0 saturated heterocycles. The molecule has 5 nitrogen and oxygen atoms in total. The lowest BCUT2D eigenvalue weighted by Gasteiger charge is -2.17. The second-order valence-corrected chi connectivity index (χ2v) is 5.91. The number of methoxy groups -OCH3 is 1. The maximum atomic E-state index is 12.4. The SMILES string of the molecule is COc1ccc(NC(=O)CC(=O)N2CCc3ccccc32)cc1Cl. The lowest BCUT2D eigenvalue weighted by molar-refractivity contribution is -0.125. The smallest absolute Gasteiger partial charge is 0.236 e. The Balaban J connectivity index is 1.63. The predicted octanol–water partition coefficient (Wildman–Crippen LogP) is 3.27. The zero-order valence-electron chi connectivity index (χ0n) is 13.2. The average molecular weight is 345 g/mol. The largest absolute Gasteiger partial charge is 0.495 e. The standard InChI is InChI=1S/C18H17ClN2O3/c1-24-16-7-6-13(10-14(16)19)20-17(22)11-18(23)21-9-8-12-4-2-3-5-15(12)21/h2-7,10H,8-9,11H2,1H3,(H,20,22). The van der Waals surface area contributed by atoms with E-state index in [2.05, 4.69) is 5.32 Å². The summed E-state index contributed by atoms with van der Waals surface area (Å²) in [6, 6.07) is 12.7. The molecule has 2 amide bonds. The molecular weight excluding hydrogens is 328 g/mol. The third-order valence-corrected chi connectivity index (χ3v) is 4.23. The molecule has 3 rings (SSSR count). The molecule has 2 aromatic rings. The van der Waals surface area contributed by atoms with Crippen LogP contribution in [0.25, 0.3) is 0 Å². The molecule has 124 valence electrons. The number of amides is 2. The number of ether oxygens (including phenoxy) is 1. The van der Waals surface area contributed by atoms with Crippen molar-refractivity contribution < 1.29 is 14.3 Å². The van der Waals surface area contributed by atoms with Crippen LogP contribution in [0, 0.1) is 0 Å². The normalized spacial score (nSPS) is 12.7. The zero-order valence-corrected chi connectivity index (χ0v) is 14.0. The molecule has 24 heavy (non-hydrogen) atoms. The van der Waals surface area contributed by atoms with Gasteiger partial charge in [-0.1, -0.05) is 29.8 Å². The number of para-hydroxylation sites is 1. The van der Waals surface area contributed by atoms with E-state index < -0.39 is 0 Å². The summed E-state index contributed by atoms with van der Waals surface area (Å²) in [6.07, 6.45) is 0.607. The van der Waals surface area contributed by atoms with Gasteiger partial charge in [0.1, 0.15) is 12.2 Å². The highest BCUT2D eigenvalue weighted by atomic mass is 35.5. The number of benzene rings is 2. The van der Waals surface area contributed by atoms with E-state index in [1.807, 2.05) is 24.3 Å². The fourth-order valence-corrected chi connectivity index (χ4v) is 3.04. The number of halogens is 1. The number of fused-ring (bicyclic) bond motifs is 1. The van der Waals surface area contributed by atoms with E-state index in [0.717, 1.165) is 17.7 Å². The van der Waals surface area contributed by atoms with Crippen molar-refractivity contribution in [1.82, 2.24) is 0 Å². The molecule has 0 saturated carbocycles. The van der Waals surface area contributed by atoms with E-state index in [0.29, 0.717) is 23.0 Å². The summed E-state index contributed by atoms with van der Waals surface area (Å²) >= 11 is 6.03. The molecule has 0 atom stereocenters. The Hall–Kier alpha value is -2.53. The summed E-state index contributed by atoms with van der Waals surface area (Å²) < 4.78 is 5.06. The van der Waals surface area contributed by atoms with Gasteiger partial charge in [-0.3, -0.25) is 9.59 Å². The third kappa shape index (κ3) is 3.36. The van der Waals surface area contributed by atoms with Crippen molar-refractivity contribution in [3.63, 3.8) is 0 Å². The zero-order chi connectivity index (χ0) is 17.1. The van der Waals surface area contributed by atoms with Crippen LogP contribution in [0.15, 0.2) is 42.5 Å². The Morgan fingerprint density at radius 2 is 2.04 bits per heavy atom. The van der Waals surface area contributed by atoms with Crippen LogP contribution in [-0.4, -0.2) is 25.5 Å². The van der Waals surface area contributed by atoms with Gasteiger partial charge in [-0.05, 0) is 36.2 Å². The van der Waals surface area contributed by atoms with Crippen molar-refractivity contribution in [2.45, 2.75) is 12.8 Å². The summed E-state index contributed by atoms with van der Waals surface area (Å²) in [5.41, 5.74) is 2.55. The van der Waals surface area contributed by atoms with Crippen LogP contribution < -0.4 is 15.0 Å². The molecule has 0 aliphatic carbocycles. The molecule has 2 aromatic carbocycles. The fourth-order valence-electron chi connectivity index (χ4n) is 2.78. The summed E-state index contributed by atoms with van der Waals surface area (Å²) in [7, 11) is 1.52. The Kier molecular flexibility index (Phi) is 4.71. The number of nitrogens with zero attached hydrogens (tertiary/aromatic N) is 1. The van der Waals surface area contributed by atoms with Crippen LogP contribution in [-0.2, 0) is 16.0 Å². The minimum absolute atomic E-state index is 0.210. The molecule has 0 radical (unpaired) electrons. The summed E-state index contributed by atoms with van der Waals surface area (Å²) in [5, 5.41) is 3.08. The number of carbonyl (C=O) groups is 2. The summed E-state index contributed by atoms with van der Waals surface area (Å²) in [6.45, 7) is 0.611. The minimum atomic E-state index is -0.370. The molecule has 1 aliphatic heterocycles. The quantitative estimate of drug-likeness (QED) is 0.866. The number of carbonyl (C=O) groups excluding carboxylic acids is 2. The highest BCUT2D eigenvalue weighted by molar-refractivity contribution is 6.32. The van der Waals surface area contributed by atoms with Crippen LogP contribution in [0.2, 0.25) is 5.02 Å². The molecule has 1 heterocycles. The second kappa shape index (κ2) is 6.93. The maximum Gasteiger partial charge on any atom is 0.236 e. The molecular formula is C18H17ClN2O3. The second-order valence-electron chi connectivity index (χ2n) is 5.50. The van der Waals surface area contributed by atoms with Crippen molar-refractivity contribution >= 4 is 34.8 Å². The van der Waals surface area contributed by atoms with Gasteiger partial charge in [-0.25, -0.2) is 0 Å². The van der Waals surface area contributed by atoms with Gasteiger partial charge in [0.2, 0.25) is 11.8 Å². The first-order valence-electron chi connectivity index (χ1n) is 7.60. The number of hydrogen-bond acceptors (Lipinski definition) is 3. The monoisotopic (exact) mass is 344 g/mol. The maximum absolute atomic E-state index is 12.4. The summed E-state index contributed by atoms with van der Waals surface area (Å²) in [4.78, 5) is 26.2. The van der Waals surface area contributed by atoms with Crippen molar-refractivity contribution in [2.75, 3.05) is 23.9 Å². The third-order valence-electron chi connectivity index (χ3n) is 3.94. The predicted molar refractivity (Wildman–Crippen MR) is 93.7 cm³/mol. The van der Waals surface area contributed by atoms with E-state index in [-0.39, 0.29) is 18.2 Å². The van der Waals surface area contributed by atoms with E-state index in [9.17, 15) is 9.59 Å². The van der Waals surface area contributed by atoms with E-state index >= 15 is 0 Å². The van der Waals surface area contributed by atoms with Gasteiger partial charge in [-0.2, -0.15) is 0 Å². The van der Waals surface area contributed by atoms with Crippen LogP contribution in [0.5, 0.6) is 5.75 Å². The first-order valence-corrected chi connectivity index (χ1v) is 7.98. The van der Waals surface area contributed by atoms with Gasteiger partial charge in [0, 0.05) is 17.9 Å². The Morgan fingerprint density at radius 1 is 1.25 bits per heavy atom. The molecule has 1 aliphatic rings. The van der Waals surface area contributed by atoms with Crippen molar-refractivity contribution in [1.29, 1.82) is 0 Å². The Morgan fingerprint density at radius 3 is 2.79 bits per heavy atom. The number of nitrogens with one attached hydrogen (secondary N) is 1. The molecule has 0 bridgehead atoms. The van der Waals surface area contributed by atoms with Crippen LogP contribution in [0.1, 0.15) is 12.0 Å². The topological polar surface area (TPSA) is 58.6 Å². The van der Waals surface area contributed by atoms with Crippen molar-refractivity contribution in [3.8, 4) is 5.75 Å². The van der Waals surface area contributed by atoms with Gasteiger partial charge in [-0.15, -0.1) is 0 Å². The highest BCUT2D eigenvalue weighted by Gasteiger charge is 2.25. The van der Waals surface area contributed by atoms with Crippen molar-refractivity contribution in [3.05, 3.63) is 53.1 Å². The molecule has 6 heteroatoms. The fraction of sp³-hybridized carbons (Fsp3) is 0.222. The molecule has 0 aromatic heterocycles. The van der Waals surface area contributed by atoms with Gasteiger partial charge in [0.15, 0.2) is 0 Å². The average Bonchev–Trinajstić information content (AvgIpc) is 2.99.